The van der Waals surface area contributed by atoms with Crippen molar-refractivity contribution >= 4 is 0 Å². The molecule has 4 bridgehead atoms. The smallest absolute Gasteiger partial charge is 0.0351 e. The highest BCUT2D eigenvalue weighted by Gasteiger charge is 2.29. The van der Waals surface area contributed by atoms with Gasteiger partial charge in [0.25, 0.3) is 0 Å². The fourth-order valence-corrected chi connectivity index (χ4v) is 2.45. The lowest BCUT2D eigenvalue weighted by Gasteiger charge is -2.31. The van der Waals surface area contributed by atoms with Crippen molar-refractivity contribution in [2.24, 2.45) is 11.8 Å². The van der Waals surface area contributed by atoms with E-state index in [9.17, 15) is 0 Å². The standard InChI is InChI=1S/C11H13N/c1-3-10-9-5-6-12-11(10)4-2-8(1)7-9/h1-4,7-8,10-12H,5-6H2/t8-,10+,11+/m0/s1. The maximum Gasteiger partial charge on any atom is 0.0351 e. The minimum Gasteiger partial charge on any atom is -0.309 e. The van der Waals surface area contributed by atoms with Gasteiger partial charge in [0.1, 0.15) is 0 Å². The molecule has 0 radical (unpaired) electrons. The predicted octanol–water partition coefficient (Wildman–Crippen LogP) is 1.65. The van der Waals surface area contributed by atoms with Crippen molar-refractivity contribution in [3.05, 3.63) is 36.0 Å². The Morgan fingerprint density at radius 2 is 2.08 bits per heavy atom. The number of rotatable bonds is 0. The average molecular weight is 159 g/mol. The monoisotopic (exact) mass is 159 g/mol. The number of hydrogen-bond acceptors (Lipinski definition) is 1. The van der Waals surface area contributed by atoms with Gasteiger partial charge in [-0.2, -0.15) is 0 Å². The number of allylic oxidation sites excluding steroid dienone is 3. The van der Waals surface area contributed by atoms with Crippen molar-refractivity contribution in [3.8, 4) is 0 Å². The average Bonchev–Trinajstić information content (AvgIpc) is 2.36. The molecule has 0 aromatic carbocycles. The van der Waals surface area contributed by atoms with E-state index >= 15 is 0 Å². The summed E-state index contributed by atoms with van der Waals surface area (Å²) in [4.78, 5) is 0. The summed E-state index contributed by atoms with van der Waals surface area (Å²) in [6.45, 7) is 1.15. The van der Waals surface area contributed by atoms with Crippen LogP contribution < -0.4 is 5.32 Å². The number of nitrogens with one attached hydrogen (secondary N) is 1. The van der Waals surface area contributed by atoms with Crippen molar-refractivity contribution in [2.45, 2.75) is 12.5 Å². The van der Waals surface area contributed by atoms with Gasteiger partial charge in [0.05, 0.1) is 0 Å². The van der Waals surface area contributed by atoms with Gasteiger partial charge >= 0.3 is 0 Å². The van der Waals surface area contributed by atoms with Crippen molar-refractivity contribution in [1.29, 1.82) is 0 Å². The Morgan fingerprint density at radius 3 is 3.08 bits per heavy atom. The van der Waals surface area contributed by atoms with Gasteiger partial charge in [0.15, 0.2) is 0 Å². The molecule has 0 aromatic heterocycles. The second-order valence-corrected chi connectivity index (χ2v) is 3.84. The van der Waals surface area contributed by atoms with Crippen LogP contribution in [0.5, 0.6) is 0 Å². The van der Waals surface area contributed by atoms with Crippen molar-refractivity contribution in [3.63, 3.8) is 0 Å². The van der Waals surface area contributed by atoms with Crippen LogP contribution in [0.3, 0.4) is 0 Å². The predicted molar refractivity (Wildman–Crippen MR) is 49.8 cm³/mol. The minimum absolute atomic E-state index is 0.578. The summed E-state index contributed by atoms with van der Waals surface area (Å²) in [6.07, 6.45) is 13.0. The summed E-state index contributed by atoms with van der Waals surface area (Å²) in [5.74, 6) is 1.25. The molecule has 0 spiro atoms. The van der Waals surface area contributed by atoms with Crippen LogP contribution in [0.25, 0.3) is 0 Å². The van der Waals surface area contributed by atoms with Crippen LogP contribution in [0.1, 0.15) is 6.42 Å². The largest absolute Gasteiger partial charge is 0.309 e. The highest BCUT2D eigenvalue weighted by atomic mass is 14.9. The molecular weight excluding hydrogens is 146 g/mol. The molecule has 0 aromatic rings. The van der Waals surface area contributed by atoms with E-state index in [1.165, 1.54) is 6.42 Å². The fourth-order valence-electron chi connectivity index (χ4n) is 2.45. The van der Waals surface area contributed by atoms with Gasteiger partial charge < -0.3 is 5.32 Å². The summed E-state index contributed by atoms with van der Waals surface area (Å²) in [5, 5.41) is 3.54. The van der Waals surface area contributed by atoms with Crippen molar-refractivity contribution in [2.75, 3.05) is 6.54 Å². The summed E-state index contributed by atoms with van der Waals surface area (Å²) in [6, 6.07) is 0.578. The zero-order valence-electron chi connectivity index (χ0n) is 7.03. The normalized spacial score (nSPS) is 42.7. The quantitative estimate of drug-likeness (QED) is 0.530. The lowest BCUT2D eigenvalue weighted by Crippen LogP contribution is -2.40. The van der Waals surface area contributed by atoms with Gasteiger partial charge in [0, 0.05) is 17.9 Å². The number of piperidine rings is 1. The first-order valence-corrected chi connectivity index (χ1v) is 4.74. The first kappa shape index (κ1) is 6.67. The highest BCUT2D eigenvalue weighted by Crippen LogP contribution is 2.33. The Bertz CT molecular complexity index is 285. The van der Waals surface area contributed by atoms with Gasteiger partial charge in [-0.25, -0.2) is 0 Å². The first-order valence-electron chi connectivity index (χ1n) is 4.74. The molecule has 0 saturated carbocycles. The van der Waals surface area contributed by atoms with E-state index in [0.717, 1.165) is 6.54 Å². The number of hydrogen-bond donors (Lipinski definition) is 1. The van der Waals surface area contributed by atoms with E-state index < -0.39 is 0 Å². The summed E-state index contributed by atoms with van der Waals surface area (Å²) in [7, 11) is 0. The van der Waals surface area contributed by atoms with Crippen molar-refractivity contribution in [1.82, 2.24) is 5.32 Å². The maximum absolute atomic E-state index is 3.54. The first-order chi connectivity index (χ1) is 5.93. The van der Waals surface area contributed by atoms with E-state index in [0.29, 0.717) is 17.9 Å². The Labute approximate surface area is 72.9 Å². The molecule has 4 rings (SSSR count). The fraction of sp³-hybridized carbons (Fsp3) is 0.455. The molecule has 3 aliphatic carbocycles. The lowest BCUT2D eigenvalue weighted by atomic mass is 9.83. The molecule has 0 amide bonds. The van der Waals surface area contributed by atoms with E-state index in [1.807, 2.05) is 0 Å². The van der Waals surface area contributed by atoms with Crippen LogP contribution in [-0.4, -0.2) is 12.6 Å². The Balaban J connectivity index is 2.09. The van der Waals surface area contributed by atoms with Gasteiger partial charge in [-0.15, -0.1) is 0 Å². The van der Waals surface area contributed by atoms with Crippen LogP contribution in [0.2, 0.25) is 0 Å². The van der Waals surface area contributed by atoms with Gasteiger partial charge in [-0.05, 0) is 13.0 Å². The third-order valence-corrected chi connectivity index (χ3v) is 3.10. The Hall–Kier alpha value is -0.820. The third-order valence-electron chi connectivity index (χ3n) is 3.10. The van der Waals surface area contributed by atoms with E-state index in [1.54, 1.807) is 5.57 Å². The summed E-state index contributed by atoms with van der Waals surface area (Å²) < 4.78 is 0. The molecule has 3 atom stereocenters. The van der Waals surface area contributed by atoms with Crippen molar-refractivity contribution < 1.29 is 0 Å². The van der Waals surface area contributed by atoms with Gasteiger partial charge in [-0.3, -0.25) is 0 Å². The maximum atomic E-state index is 3.54. The van der Waals surface area contributed by atoms with E-state index in [2.05, 4.69) is 35.7 Å². The molecule has 4 aliphatic rings. The molecule has 0 unspecified atom stereocenters. The van der Waals surface area contributed by atoms with Crippen LogP contribution in [-0.2, 0) is 0 Å². The topological polar surface area (TPSA) is 12.0 Å². The SMILES string of the molecule is C1=C[C@@H]2C3=C[C@@H]1C=C[C@H]2NCC3. The van der Waals surface area contributed by atoms with Gasteiger partial charge in [-0.1, -0.05) is 36.0 Å². The third kappa shape index (κ3) is 0.831. The van der Waals surface area contributed by atoms with Crippen LogP contribution in [0.4, 0.5) is 0 Å². The molecule has 1 heteroatoms. The molecule has 1 heterocycles. The van der Waals surface area contributed by atoms with E-state index in [-0.39, 0.29) is 0 Å². The zero-order chi connectivity index (χ0) is 7.97. The second-order valence-electron chi connectivity index (χ2n) is 3.84. The minimum atomic E-state index is 0.578. The van der Waals surface area contributed by atoms with Crippen LogP contribution in [0, 0.1) is 11.8 Å². The molecule has 1 nitrogen and oxygen atoms in total. The molecule has 1 saturated heterocycles. The molecule has 12 heavy (non-hydrogen) atoms. The molecule has 62 valence electrons. The molecule has 1 aliphatic heterocycles. The van der Waals surface area contributed by atoms with Crippen LogP contribution >= 0.6 is 0 Å². The Morgan fingerprint density at radius 1 is 1.17 bits per heavy atom. The molecule has 1 N–H and O–H groups in total. The lowest BCUT2D eigenvalue weighted by molar-refractivity contribution is 0.456. The second kappa shape index (κ2) is 2.33. The van der Waals surface area contributed by atoms with Crippen LogP contribution in [0.15, 0.2) is 36.0 Å². The Kier molecular flexibility index (Phi) is 1.30. The van der Waals surface area contributed by atoms with E-state index in [4.69, 9.17) is 0 Å². The molecule has 1 fully saturated rings. The highest BCUT2D eigenvalue weighted by molar-refractivity contribution is 5.34. The zero-order valence-corrected chi connectivity index (χ0v) is 7.03. The summed E-state index contributed by atoms with van der Waals surface area (Å²) >= 11 is 0. The van der Waals surface area contributed by atoms with Gasteiger partial charge in [0.2, 0.25) is 0 Å². The molecular formula is C11H13N. The summed E-state index contributed by atoms with van der Waals surface area (Å²) in [5.41, 5.74) is 1.65.